The molecule has 4 nitrogen and oxygen atoms in total. The van der Waals surface area contributed by atoms with E-state index in [-0.39, 0.29) is 24.1 Å². The average molecular weight is 307 g/mol. The van der Waals surface area contributed by atoms with Crippen LogP contribution in [0.25, 0.3) is 11.0 Å². The van der Waals surface area contributed by atoms with Crippen LogP contribution in [-0.4, -0.2) is 28.3 Å². The van der Waals surface area contributed by atoms with E-state index in [1.54, 1.807) is 19.1 Å². The molecule has 0 amide bonds. The van der Waals surface area contributed by atoms with Crippen LogP contribution in [0.2, 0.25) is 5.02 Å². The molecule has 0 radical (unpaired) electrons. The maximum absolute atomic E-state index is 11.2. The minimum Gasteiger partial charge on any atom is -0.465 e. The minimum absolute atomic E-state index is 0. The summed E-state index contributed by atoms with van der Waals surface area (Å²) in [5.74, 6) is 0.0116. The van der Waals surface area contributed by atoms with Gasteiger partial charge >= 0.3 is 5.97 Å². The number of hydrogen-bond donors (Lipinski definition) is 1. The number of aromatic amines is 1. The van der Waals surface area contributed by atoms with E-state index < -0.39 is 0 Å². The van der Waals surface area contributed by atoms with E-state index in [4.69, 9.17) is 16.3 Å². The zero-order valence-corrected chi connectivity index (χ0v) is 12.0. The number of aromatic nitrogens is 2. The number of rotatable bonds is 4. The molecule has 98 valence electrons. The van der Waals surface area contributed by atoms with Crippen LogP contribution in [-0.2, 0) is 9.53 Å². The van der Waals surface area contributed by atoms with Crippen LogP contribution >= 0.6 is 35.8 Å². The number of carbonyl (C=O) groups excluding carboxylic acids is 1. The molecule has 0 unspecified atom stereocenters. The third-order valence-corrected chi connectivity index (χ3v) is 3.14. The highest BCUT2D eigenvalue weighted by molar-refractivity contribution is 7.99. The van der Waals surface area contributed by atoms with E-state index in [0.717, 1.165) is 11.0 Å². The van der Waals surface area contributed by atoms with Crippen LogP contribution < -0.4 is 0 Å². The smallest absolute Gasteiger partial charge is 0.316 e. The van der Waals surface area contributed by atoms with E-state index in [1.165, 1.54) is 11.8 Å². The maximum atomic E-state index is 11.2. The van der Waals surface area contributed by atoms with Crippen molar-refractivity contribution in [2.24, 2.45) is 0 Å². The van der Waals surface area contributed by atoms with Crippen molar-refractivity contribution in [3.8, 4) is 0 Å². The number of esters is 1. The molecule has 0 atom stereocenters. The molecule has 1 aromatic carbocycles. The molecule has 18 heavy (non-hydrogen) atoms. The van der Waals surface area contributed by atoms with Crippen molar-refractivity contribution in [3.63, 3.8) is 0 Å². The number of halogens is 2. The lowest BCUT2D eigenvalue weighted by Gasteiger charge is -1.98. The highest BCUT2D eigenvalue weighted by Gasteiger charge is 2.07. The Labute approximate surface area is 120 Å². The molecule has 0 bridgehead atoms. The van der Waals surface area contributed by atoms with E-state index >= 15 is 0 Å². The third-order valence-electron chi connectivity index (χ3n) is 2.05. The number of H-pyrrole nitrogens is 1. The highest BCUT2D eigenvalue weighted by atomic mass is 35.5. The molecule has 1 N–H and O–H groups in total. The normalized spacial score (nSPS) is 10.1. The molecule has 1 heterocycles. The zero-order valence-electron chi connectivity index (χ0n) is 9.60. The van der Waals surface area contributed by atoms with Crippen molar-refractivity contribution in [2.45, 2.75) is 12.1 Å². The maximum Gasteiger partial charge on any atom is 0.316 e. The van der Waals surface area contributed by atoms with E-state index in [1.807, 2.05) is 6.07 Å². The summed E-state index contributed by atoms with van der Waals surface area (Å²) in [5, 5.41) is 1.35. The molecular weight excluding hydrogens is 295 g/mol. The summed E-state index contributed by atoms with van der Waals surface area (Å²) in [5.41, 5.74) is 1.70. The Morgan fingerprint density at radius 1 is 1.56 bits per heavy atom. The topological polar surface area (TPSA) is 55.0 Å². The summed E-state index contributed by atoms with van der Waals surface area (Å²) >= 11 is 7.18. The lowest BCUT2D eigenvalue weighted by molar-refractivity contribution is -0.139. The fraction of sp³-hybridized carbons (Fsp3) is 0.273. The van der Waals surface area contributed by atoms with Crippen LogP contribution in [0.3, 0.4) is 0 Å². The fourth-order valence-corrected chi connectivity index (χ4v) is 2.21. The Balaban J connectivity index is 0.00000162. The monoisotopic (exact) mass is 306 g/mol. The van der Waals surface area contributed by atoms with Crippen molar-refractivity contribution < 1.29 is 9.53 Å². The second kappa shape index (κ2) is 6.87. The first kappa shape index (κ1) is 15.1. The van der Waals surface area contributed by atoms with Gasteiger partial charge < -0.3 is 9.72 Å². The quantitative estimate of drug-likeness (QED) is 0.695. The van der Waals surface area contributed by atoms with Gasteiger partial charge in [-0.1, -0.05) is 23.4 Å². The van der Waals surface area contributed by atoms with Crippen molar-refractivity contribution in [1.82, 2.24) is 9.97 Å². The van der Waals surface area contributed by atoms with E-state index in [0.29, 0.717) is 16.8 Å². The molecular formula is C11H12Cl2N2O2S. The van der Waals surface area contributed by atoms with Crippen LogP contribution in [0.1, 0.15) is 6.92 Å². The highest BCUT2D eigenvalue weighted by Crippen LogP contribution is 2.22. The first-order valence-electron chi connectivity index (χ1n) is 5.12. The number of carbonyl (C=O) groups is 1. The van der Waals surface area contributed by atoms with Crippen LogP contribution in [0.5, 0.6) is 0 Å². The number of nitrogens with zero attached hydrogens (tertiary/aromatic N) is 1. The molecule has 2 aromatic rings. The van der Waals surface area contributed by atoms with Crippen LogP contribution in [0, 0.1) is 0 Å². The Kier molecular flexibility index (Phi) is 5.78. The average Bonchev–Trinajstić information content (AvgIpc) is 2.68. The van der Waals surface area contributed by atoms with Gasteiger partial charge in [-0.15, -0.1) is 12.4 Å². The molecule has 0 aliphatic rings. The lowest BCUT2D eigenvalue weighted by atomic mass is 10.3. The van der Waals surface area contributed by atoms with Gasteiger partial charge in [-0.05, 0) is 25.1 Å². The first-order chi connectivity index (χ1) is 8.19. The largest absolute Gasteiger partial charge is 0.465 e. The molecule has 0 saturated heterocycles. The molecule has 7 heteroatoms. The Morgan fingerprint density at radius 2 is 2.33 bits per heavy atom. The first-order valence-corrected chi connectivity index (χ1v) is 6.49. The number of nitrogens with one attached hydrogen (secondary N) is 1. The molecule has 0 saturated carbocycles. The summed E-state index contributed by atoms with van der Waals surface area (Å²) in [6, 6.07) is 5.42. The Bertz CT molecular complexity index is 545. The molecule has 0 aliphatic heterocycles. The third kappa shape index (κ3) is 3.80. The summed E-state index contributed by atoms with van der Waals surface area (Å²) in [6.45, 7) is 2.18. The van der Waals surface area contributed by atoms with Gasteiger partial charge in [0.15, 0.2) is 5.16 Å². The van der Waals surface area contributed by atoms with Crippen molar-refractivity contribution in [1.29, 1.82) is 0 Å². The minimum atomic E-state index is -0.240. The lowest BCUT2D eigenvalue weighted by Crippen LogP contribution is -2.06. The number of fused-ring (bicyclic) bond motifs is 1. The van der Waals surface area contributed by atoms with Crippen LogP contribution in [0.15, 0.2) is 23.4 Å². The van der Waals surface area contributed by atoms with Gasteiger partial charge in [-0.25, -0.2) is 4.98 Å². The van der Waals surface area contributed by atoms with Gasteiger partial charge in [0, 0.05) is 5.02 Å². The summed E-state index contributed by atoms with van der Waals surface area (Å²) < 4.78 is 4.83. The molecule has 2 rings (SSSR count). The second-order valence-electron chi connectivity index (χ2n) is 3.30. The second-order valence-corrected chi connectivity index (χ2v) is 4.70. The van der Waals surface area contributed by atoms with Gasteiger partial charge in [0.25, 0.3) is 0 Å². The zero-order chi connectivity index (χ0) is 12.3. The number of hydrogen-bond acceptors (Lipinski definition) is 4. The molecule has 0 spiro atoms. The van der Waals surface area contributed by atoms with E-state index in [2.05, 4.69) is 9.97 Å². The summed E-state index contributed by atoms with van der Waals surface area (Å²) in [7, 11) is 0. The summed E-state index contributed by atoms with van der Waals surface area (Å²) in [4.78, 5) is 18.6. The van der Waals surface area contributed by atoms with Gasteiger partial charge in [0.05, 0.1) is 23.4 Å². The van der Waals surface area contributed by atoms with Gasteiger partial charge in [0.2, 0.25) is 0 Å². The van der Waals surface area contributed by atoms with Crippen molar-refractivity contribution >= 4 is 52.8 Å². The van der Waals surface area contributed by atoms with Gasteiger partial charge in [-0.2, -0.15) is 0 Å². The fourth-order valence-electron chi connectivity index (χ4n) is 1.36. The number of benzene rings is 1. The molecule has 0 fully saturated rings. The predicted octanol–water partition coefficient (Wildman–Crippen LogP) is 3.29. The molecule has 0 aliphatic carbocycles. The predicted molar refractivity (Wildman–Crippen MR) is 75.7 cm³/mol. The van der Waals surface area contributed by atoms with Crippen molar-refractivity contribution in [2.75, 3.05) is 12.4 Å². The number of imidazole rings is 1. The Morgan fingerprint density at radius 3 is 3.06 bits per heavy atom. The number of thioether (sulfide) groups is 1. The van der Waals surface area contributed by atoms with Crippen molar-refractivity contribution in [3.05, 3.63) is 23.2 Å². The SMILES string of the molecule is CCOC(=O)CSc1nc2ccc(Cl)cc2[nH]1.Cl. The van der Waals surface area contributed by atoms with E-state index in [9.17, 15) is 4.79 Å². The van der Waals surface area contributed by atoms with Gasteiger partial charge in [-0.3, -0.25) is 4.79 Å². The summed E-state index contributed by atoms with van der Waals surface area (Å²) in [6.07, 6.45) is 0. The standard InChI is InChI=1S/C11H11ClN2O2S.ClH/c1-2-16-10(15)6-17-11-13-8-4-3-7(12)5-9(8)14-11;/h3-5H,2,6H2,1H3,(H,13,14);1H. The van der Waals surface area contributed by atoms with Gasteiger partial charge in [0.1, 0.15) is 0 Å². The van der Waals surface area contributed by atoms with Crippen LogP contribution in [0.4, 0.5) is 0 Å². The molecule has 1 aromatic heterocycles. The Hall–Kier alpha value is -0.910. The number of ether oxygens (including phenoxy) is 1.